The molecule has 21 heavy (non-hydrogen) atoms. The predicted molar refractivity (Wildman–Crippen MR) is 82.7 cm³/mol. The second kappa shape index (κ2) is 7.35. The number of hydrogen-bond donors (Lipinski definition) is 2. The number of benzene rings is 1. The maximum absolute atomic E-state index is 12.3. The van der Waals surface area contributed by atoms with E-state index in [1.54, 1.807) is 12.1 Å². The molecule has 2 atom stereocenters. The van der Waals surface area contributed by atoms with Gasteiger partial charge in [0, 0.05) is 18.7 Å². The van der Waals surface area contributed by atoms with Crippen molar-refractivity contribution in [3.63, 3.8) is 0 Å². The lowest BCUT2D eigenvalue weighted by molar-refractivity contribution is 0.192. The zero-order valence-corrected chi connectivity index (χ0v) is 13.4. The SMILES string of the molecule is CCCNC(C)c1ccc(S(=O)(=O)NC2CCOC2)cc1. The maximum atomic E-state index is 12.3. The van der Waals surface area contributed by atoms with Crippen molar-refractivity contribution in [1.29, 1.82) is 0 Å². The predicted octanol–water partition coefficient (Wildman–Crippen LogP) is 1.81. The average Bonchev–Trinajstić information content (AvgIpc) is 2.97. The van der Waals surface area contributed by atoms with Crippen molar-refractivity contribution < 1.29 is 13.2 Å². The number of hydrogen-bond acceptors (Lipinski definition) is 4. The second-order valence-corrected chi connectivity index (χ2v) is 7.14. The van der Waals surface area contributed by atoms with E-state index in [4.69, 9.17) is 4.74 Å². The van der Waals surface area contributed by atoms with Gasteiger partial charge in [0.15, 0.2) is 0 Å². The molecule has 118 valence electrons. The Labute approximate surface area is 127 Å². The van der Waals surface area contributed by atoms with Gasteiger partial charge in [-0.05, 0) is 44.0 Å². The fourth-order valence-electron chi connectivity index (χ4n) is 2.33. The van der Waals surface area contributed by atoms with Gasteiger partial charge in [-0.25, -0.2) is 13.1 Å². The first-order chi connectivity index (χ1) is 10.0. The van der Waals surface area contributed by atoms with E-state index in [1.165, 1.54) is 0 Å². The molecule has 1 fully saturated rings. The van der Waals surface area contributed by atoms with Gasteiger partial charge in [-0.2, -0.15) is 0 Å². The summed E-state index contributed by atoms with van der Waals surface area (Å²) >= 11 is 0. The van der Waals surface area contributed by atoms with Crippen molar-refractivity contribution in [3.05, 3.63) is 29.8 Å². The molecule has 1 aliphatic rings. The van der Waals surface area contributed by atoms with Gasteiger partial charge in [-0.3, -0.25) is 0 Å². The van der Waals surface area contributed by atoms with E-state index in [-0.39, 0.29) is 12.1 Å². The molecule has 0 aromatic heterocycles. The Morgan fingerprint density at radius 3 is 2.62 bits per heavy atom. The topological polar surface area (TPSA) is 67.4 Å². The van der Waals surface area contributed by atoms with Gasteiger partial charge < -0.3 is 10.1 Å². The lowest BCUT2D eigenvalue weighted by atomic mass is 10.1. The number of nitrogens with one attached hydrogen (secondary N) is 2. The molecule has 2 unspecified atom stereocenters. The summed E-state index contributed by atoms with van der Waals surface area (Å²) in [4.78, 5) is 0.306. The van der Waals surface area contributed by atoms with Crippen LogP contribution in [0.3, 0.4) is 0 Å². The van der Waals surface area contributed by atoms with E-state index in [9.17, 15) is 8.42 Å². The summed E-state index contributed by atoms with van der Waals surface area (Å²) < 4.78 is 32.4. The molecule has 1 heterocycles. The van der Waals surface area contributed by atoms with E-state index in [0.717, 1.165) is 24.9 Å². The zero-order valence-electron chi connectivity index (χ0n) is 12.6. The van der Waals surface area contributed by atoms with Crippen LogP contribution in [0.15, 0.2) is 29.2 Å². The van der Waals surface area contributed by atoms with Crippen LogP contribution in [0, 0.1) is 0 Å². The largest absolute Gasteiger partial charge is 0.380 e. The molecule has 2 rings (SSSR count). The van der Waals surface area contributed by atoms with Crippen LogP contribution in [-0.2, 0) is 14.8 Å². The van der Waals surface area contributed by atoms with E-state index in [1.807, 2.05) is 12.1 Å². The molecule has 2 N–H and O–H groups in total. The van der Waals surface area contributed by atoms with Crippen molar-refractivity contribution in [2.24, 2.45) is 0 Å². The van der Waals surface area contributed by atoms with Gasteiger partial charge in [-0.15, -0.1) is 0 Å². The summed E-state index contributed by atoms with van der Waals surface area (Å²) in [5.74, 6) is 0. The molecule has 1 aromatic carbocycles. The van der Waals surface area contributed by atoms with Gasteiger partial charge in [0.25, 0.3) is 0 Å². The van der Waals surface area contributed by atoms with Gasteiger partial charge in [0.1, 0.15) is 0 Å². The van der Waals surface area contributed by atoms with Gasteiger partial charge in [0.2, 0.25) is 10.0 Å². The molecule has 0 radical (unpaired) electrons. The lowest BCUT2D eigenvalue weighted by Gasteiger charge is -2.15. The molecule has 5 nitrogen and oxygen atoms in total. The van der Waals surface area contributed by atoms with Crippen LogP contribution in [0.2, 0.25) is 0 Å². The third-order valence-corrected chi connectivity index (χ3v) is 5.18. The highest BCUT2D eigenvalue weighted by Gasteiger charge is 2.23. The molecular formula is C15H24N2O3S. The minimum absolute atomic E-state index is 0.111. The van der Waals surface area contributed by atoms with E-state index in [2.05, 4.69) is 23.9 Å². The summed E-state index contributed by atoms with van der Waals surface area (Å²) in [5.41, 5.74) is 1.09. The molecule has 0 spiro atoms. The smallest absolute Gasteiger partial charge is 0.240 e. The van der Waals surface area contributed by atoms with Crippen molar-refractivity contribution in [2.75, 3.05) is 19.8 Å². The molecule has 0 aliphatic carbocycles. The fourth-order valence-corrected chi connectivity index (χ4v) is 3.58. The molecule has 6 heteroatoms. The molecule has 1 saturated heterocycles. The number of sulfonamides is 1. The van der Waals surface area contributed by atoms with Crippen LogP contribution in [0.4, 0.5) is 0 Å². The molecule has 0 amide bonds. The van der Waals surface area contributed by atoms with Gasteiger partial charge >= 0.3 is 0 Å². The summed E-state index contributed by atoms with van der Waals surface area (Å²) in [6, 6.07) is 7.17. The van der Waals surface area contributed by atoms with Crippen LogP contribution >= 0.6 is 0 Å². The third kappa shape index (κ3) is 4.51. The van der Waals surface area contributed by atoms with Crippen LogP contribution in [0.1, 0.15) is 38.3 Å². The molecule has 0 bridgehead atoms. The van der Waals surface area contributed by atoms with Crippen molar-refractivity contribution >= 4 is 10.0 Å². The first kappa shape index (κ1) is 16.4. The highest BCUT2D eigenvalue weighted by atomic mass is 32.2. The Morgan fingerprint density at radius 1 is 1.33 bits per heavy atom. The van der Waals surface area contributed by atoms with Crippen LogP contribution < -0.4 is 10.0 Å². The Bertz CT molecular complexity index is 537. The van der Waals surface area contributed by atoms with Crippen molar-refractivity contribution in [1.82, 2.24) is 10.0 Å². The first-order valence-electron chi connectivity index (χ1n) is 7.46. The Morgan fingerprint density at radius 2 is 2.05 bits per heavy atom. The lowest BCUT2D eigenvalue weighted by Crippen LogP contribution is -2.35. The third-order valence-electron chi connectivity index (χ3n) is 3.64. The maximum Gasteiger partial charge on any atom is 0.240 e. The Balaban J connectivity index is 2.03. The zero-order chi connectivity index (χ0) is 15.3. The summed E-state index contributed by atoms with van der Waals surface area (Å²) in [5, 5.41) is 3.38. The van der Waals surface area contributed by atoms with E-state index in [0.29, 0.717) is 18.1 Å². The van der Waals surface area contributed by atoms with Crippen molar-refractivity contribution in [3.8, 4) is 0 Å². The molecule has 0 saturated carbocycles. The van der Waals surface area contributed by atoms with E-state index < -0.39 is 10.0 Å². The highest BCUT2D eigenvalue weighted by molar-refractivity contribution is 7.89. The fraction of sp³-hybridized carbons (Fsp3) is 0.600. The number of ether oxygens (including phenoxy) is 1. The van der Waals surface area contributed by atoms with Gasteiger partial charge in [-0.1, -0.05) is 19.1 Å². The summed E-state index contributed by atoms with van der Waals surface area (Å²) in [6.45, 7) is 6.22. The highest BCUT2D eigenvalue weighted by Crippen LogP contribution is 2.17. The quantitative estimate of drug-likeness (QED) is 0.806. The molecular weight excluding hydrogens is 288 g/mol. The first-order valence-corrected chi connectivity index (χ1v) is 8.94. The monoisotopic (exact) mass is 312 g/mol. The van der Waals surface area contributed by atoms with E-state index >= 15 is 0 Å². The van der Waals surface area contributed by atoms with Crippen molar-refractivity contribution in [2.45, 2.75) is 43.7 Å². The normalized spacial score (nSPS) is 20.6. The Kier molecular flexibility index (Phi) is 5.75. The van der Waals surface area contributed by atoms with Crippen LogP contribution in [0.25, 0.3) is 0 Å². The van der Waals surface area contributed by atoms with Gasteiger partial charge in [0.05, 0.1) is 11.5 Å². The summed E-state index contributed by atoms with van der Waals surface area (Å²) in [6.07, 6.45) is 1.81. The second-order valence-electron chi connectivity index (χ2n) is 5.43. The molecule has 1 aromatic rings. The molecule has 1 aliphatic heterocycles. The summed E-state index contributed by atoms with van der Waals surface area (Å²) in [7, 11) is -3.45. The van der Waals surface area contributed by atoms with Crippen LogP contribution in [0.5, 0.6) is 0 Å². The van der Waals surface area contributed by atoms with Crippen LogP contribution in [-0.4, -0.2) is 34.2 Å². The number of rotatable bonds is 7. The minimum Gasteiger partial charge on any atom is -0.380 e. The minimum atomic E-state index is -3.45. The Hall–Kier alpha value is -0.950. The average molecular weight is 312 g/mol. The standard InChI is InChI=1S/C15H24N2O3S/c1-3-9-16-12(2)13-4-6-15(7-5-13)21(18,19)17-14-8-10-20-11-14/h4-7,12,14,16-17H,3,8-11H2,1-2H3.